The van der Waals surface area contributed by atoms with Gasteiger partial charge in [-0.15, -0.1) is 0 Å². The van der Waals surface area contributed by atoms with Crippen molar-refractivity contribution >= 4 is 23.5 Å². The Bertz CT molecular complexity index is 653. The third kappa shape index (κ3) is 3.42. The molecular formula is C15H11ClFNO2. The van der Waals surface area contributed by atoms with Gasteiger partial charge in [-0.2, -0.15) is 0 Å². The predicted octanol–water partition coefficient (Wildman–Crippen LogP) is 3.78. The zero-order valence-corrected chi connectivity index (χ0v) is 11.4. The van der Waals surface area contributed by atoms with Crippen LogP contribution >= 0.6 is 11.6 Å². The van der Waals surface area contributed by atoms with Crippen molar-refractivity contribution in [2.75, 3.05) is 7.11 Å². The summed E-state index contributed by atoms with van der Waals surface area (Å²) in [6.07, 6.45) is 4.33. The highest BCUT2D eigenvalue weighted by molar-refractivity contribution is 6.32. The number of rotatable bonds is 4. The molecular weight excluding hydrogens is 281 g/mol. The summed E-state index contributed by atoms with van der Waals surface area (Å²) in [5.41, 5.74) is 1.00. The number of hydrogen-bond donors (Lipinski definition) is 0. The highest BCUT2D eigenvalue weighted by atomic mass is 35.5. The summed E-state index contributed by atoms with van der Waals surface area (Å²) >= 11 is 5.87. The second kappa shape index (κ2) is 6.30. The van der Waals surface area contributed by atoms with Crippen LogP contribution in [0.4, 0.5) is 4.39 Å². The quantitative estimate of drug-likeness (QED) is 0.636. The average Bonchev–Trinajstić information content (AvgIpc) is 2.46. The second-order valence-electron chi connectivity index (χ2n) is 3.95. The Labute approximate surface area is 120 Å². The standard InChI is InChI=1S/C15H11ClFNO2/c1-20-15-7-4-11(9-18-15)14(19)6-3-10-2-5-12(17)8-13(10)16/h2-9H,1H3. The van der Waals surface area contributed by atoms with Crippen LogP contribution in [0, 0.1) is 5.82 Å². The Hall–Kier alpha value is -2.20. The monoisotopic (exact) mass is 291 g/mol. The SMILES string of the molecule is COc1ccc(C(=O)C=Cc2ccc(F)cc2Cl)cn1. The molecule has 0 bridgehead atoms. The van der Waals surface area contributed by atoms with Gasteiger partial charge >= 0.3 is 0 Å². The molecule has 1 aromatic carbocycles. The molecule has 0 aliphatic rings. The van der Waals surface area contributed by atoms with Crippen molar-refractivity contribution in [2.45, 2.75) is 0 Å². The molecule has 0 saturated heterocycles. The highest BCUT2D eigenvalue weighted by Crippen LogP contribution is 2.19. The Balaban J connectivity index is 2.15. The molecule has 0 saturated carbocycles. The number of benzene rings is 1. The van der Waals surface area contributed by atoms with E-state index in [1.807, 2.05) is 0 Å². The van der Waals surface area contributed by atoms with Gasteiger partial charge in [0.1, 0.15) is 5.82 Å². The molecule has 5 heteroatoms. The van der Waals surface area contributed by atoms with Gasteiger partial charge < -0.3 is 4.74 Å². The summed E-state index contributed by atoms with van der Waals surface area (Å²) in [6.45, 7) is 0. The molecule has 0 aliphatic heterocycles. The first kappa shape index (κ1) is 14.2. The summed E-state index contributed by atoms with van der Waals surface area (Å²) in [4.78, 5) is 15.9. The van der Waals surface area contributed by atoms with E-state index in [1.165, 1.54) is 43.7 Å². The minimum atomic E-state index is -0.419. The lowest BCUT2D eigenvalue weighted by Crippen LogP contribution is -1.96. The van der Waals surface area contributed by atoms with Gasteiger partial charge in [0.05, 0.1) is 12.1 Å². The van der Waals surface area contributed by atoms with E-state index in [1.54, 1.807) is 12.1 Å². The number of halogens is 2. The van der Waals surface area contributed by atoms with Gasteiger partial charge in [0.15, 0.2) is 5.78 Å². The van der Waals surface area contributed by atoms with Crippen LogP contribution in [0.1, 0.15) is 15.9 Å². The second-order valence-corrected chi connectivity index (χ2v) is 4.36. The van der Waals surface area contributed by atoms with Crippen LogP contribution in [-0.2, 0) is 0 Å². The Morgan fingerprint density at radius 1 is 1.35 bits per heavy atom. The fourth-order valence-electron chi connectivity index (χ4n) is 1.55. The number of carbonyl (C=O) groups is 1. The van der Waals surface area contributed by atoms with Crippen molar-refractivity contribution in [1.29, 1.82) is 0 Å². The lowest BCUT2D eigenvalue weighted by atomic mass is 10.1. The fraction of sp³-hybridized carbons (Fsp3) is 0.0667. The summed E-state index contributed by atoms with van der Waals surface area (Å²) in [7, 11) is 1.50. The Morgan fingerprint density at radius 2 is 2.15 bits per heavy atom. The lowest BCUT2D eigenvalue weighted by molar-refractivity contribution is 0.104. The normalized spacial score (nSPS) is 10.8. The Morgan fingerprint density at radius 3 is 2.75 bits per heavy atom. The smallest absolute Gasteiger partial charge is 0.212 e. The maximum absolute atomic E-state index is 12.9. The van der Waals surface area contributed by atoms with Crippen molar-refractivity contribution in [1.82, 2.24) is 4.98 Å². The fourth-order valence-corrected chi connectivity index (χ4v) is 1.78. The molecule has 0 radical (unpaired) electrons. The van der Waals surface area contributed by atoms with Crippen LogP contribution in [0.25, 0.3) is 6.08 Å². The minimum absolute atomic E-state index is 0.222. The van der Waals surface area contributed by atoms with Crippen molar-refractivity contribution in [2.24, 2.45) is 0 Å². The topological polar surface area (TPSA) is 39.2 Å². The van der Waals surface area contributed by atoms with Crippen LogP contribution in [0.2, 0.25) is 5.02 Å². The first-order chi connectivity index (χ1) is 9.60. The number of nitrogens with zero attached hydrogens (tertiary/aromatic N) is 1. The largest absolute Gasteiger partial charge is 0.481 e. The highest BCUT2D eigenvalue weighted by Gasteiger charge is 2.04. The minimum Gasteiger partial charge on any atom is -0.481 e. The van der Waals surface area contributed by atoms with Crippen molar-refractivity contribution < 1.29 is 13.9 Å². The van der Waals surface area contributed by atoms with Crippen LogP contribution in [0.15, 0.2) is 42.6 Å². The Kier molecular flexibility index (Phi) is 4.48. The molecule has 102 valence electrons. The first-order valence-electron chi connectivity index (χ1n) is 5.77. The van der Waals surface area contributed by atoms with E-state index < -0.39 is 5.82 Å². The maximum atomic E-state index is 12.9. The van der Waals surface area contributed by atoms with Crippen molar-refractivity contribution in [3.8, 4) is 5.88 Å². The molecule has 0 N–H and O–H groups in total. The predicted molar refractivity (Wildman–Crippen MR) is 75.6 cm³/mol. The number of ether oxygens (including phenoxy) is 1. The van der Waals surface area contributed by atoms with Gasteiger partial charge in [-0.05, 0) is 35.9 Å². The van der Waals surface area contributed by atoms with E-state index in [0.717, 1.165) is 0 Å². The zero-order chi connectivity index (χ0) is 14.5. The van der Waals surface area contributed by atoms with E-state index in [4.69, 9.17) is 16.3 Å². The molecule has 0 spiro atoms. The molecule has 1 aromatic heterocycles. The molecule has 0 unspecified atom stereocenters. The molecule has 0 amide bonds. The van der Waals surface area contributed by atoms with Crippen LogP contribution < -0.4 is 4.74 Å². The van der Waals surface area contributed by atoms with Crippen molar-refractivity contribution in [3.63, 3.8) is 0 Å². The third-order valence-electron chi connectivity index (χ3n) is 2.61. The number of pyridine rings is 1. The zero-order valence-electron chi connectivity index (χ0n) is 10.6. The van der Waals surface area contributed by atoms with Crippen LogP contribution in [0.3, 0.4) is 0 Å². The molecule has 2 rings (SSSR count). The summed E-state index contributed by atoms with van der Waals surface area (Å²) in [5.74, 6) is -0.203. The van der Waals surface area contributed by atoms with Gasteiger partial charge in [-0.25, -0.2) is 9.37 Å². The molecule has 1 heterocycles. The summed E-state index contributed by atoms with van der Waals surface area (Å²) in [6, 6.07) is 7.20. The van der Waals surface area contributed by atoms with E-state index in [0.29, 0.717) is 17.0 Å². The molecule has 0 fully saturated rings. The average molecular weight is 292 g/mol. The number of allylic oxidation sites excluding steroid dienone is 1. The third-order valence-corrected chi connectivity index (χ3v) is 2.93. The number of carbonyl (C=O) groups excluding carboxylic acids is 1. The summed E-state index contributed by atoms with van der Waals surface area (Å²) in [5, 5.41) is 0.252. The van der Waals surface area contributed by atoms with Gasteiger partial charge in [0.25, 0.3) is 0 Å². The summed E-state index contributed by atoms with van der Waals surface area (Å²) < 4.78 is 17.8. The van der Waals surface area contributed by atoms with Gasteiger partial charge in [-0.3, -0.25) is 4.79 Å². The number of hydrogen-bond acceptors (Lipinski definition) is 3. The molecule has 20 heavy (non-hydrogen) atoms. The first-order valence-corrected chi connectivity index (χ1v) is 6.15. The molecule has 3 nitrogen and oxygen atoms in total. The van der Waals surface area contributed by atoms with Gasteiger partial charge in [-0.1, -0.05) is 17.7 Å². The number of aromatic nitrogens is 1. The van der Waals surface area contributed by atoms with E-state index in [2.05, 4.69) is 4.98 Å². The van der Waals surface area contributed by atoms with Crippen LogP contribution in [0.5, 0.6) is 5.88 Å². The van der Waals surface area contributed by atoms with E-state index in [9.17, 15) is 9.18 Å². The lowest BCUT2D eigenvalue weighted by Gasteiger charge is -2.00. The molecule has 0 aliphatic carbocycles. The van der Waals surface area contributed by atoms with Gasteiger partial charge in [0, 0.05) is 17.8 Å². The van der Waals surface area contributed by atoms with E-state index in [-0.39, 0.29) is 10.8 Å². The number of ketones is 1. The van der Waals surface area contributed by atoms with E-state index >= 15 is 0 Å². The number of methoxy groups -OCH3 is 1. The molecule has 2 aromatic rings. The molecule has 0 atom stereocenters. The van der Waals surface area contributed by atoms with Crippen LogP contribution in [-0.4, -0.2) is 17.9 Å². The maximum Gasteiger partial charge on any atom is 0.212 e. The van der Waals surface area contributed by atoms with Crippen molar-refractivity contribution in [3.05, 3.63) is 64.6 Å². The van der Waals surface area contributed by atoms with Gasteiger partial charge in [0.2, 0.25) is 5.88 Å².